The Morgan fingerprint density at radius 2 is 1.44 bits per heavy atom. The zero-order valence-electron chi connectivity index (χ0n) is 25.5. The van der Waals surface area contributed by atoms with Crippen molar-refractivity contribution < 1.29 is 5.11 Å². The molecule has 0 saturated heterocycles. The van der Waals surface area contributed by atoms with Gasteiger partial charge in [0.15, 0.2) is 0 Å². The van der Waals surface area contributed by atoms with Crippen molar-refractivity contribution in [1.82, 2.24) is 9.97 Å². The Morgan fingerprint density at radius 3 is 2.21 bits per heavy atom. The zero-order valence-corrected chi connectivity index (χ0v) is 25.5. The van der Waals surface area contributed by atoms with Crippen molar-refractivity contribution >= 4 is 28.1 Å². The molecule has 0 aliphatic carbocycles. The summed E-state index contributed by atoms with van der Waals surface area (Å²) >= 11 is 0. The van der Waals surface area contributed by atoms with E-state index in [9.17, 15) is 5.11 Å². The van der Waals surface area contributed by atoms with E-state index >= 15 is 0 Å². The van der Waals surface area contributed by atoms with Crippen LogP contribution in [0.5, 0.6) is 5.75 Å². The number of aryl methyl sites for hydroxylation is 4. The number of phenols is 1. The third-order valence-corrected chi connectivity index (χ3v) is 8.94. The second-order valence-corrected chi connectivity index (χ2v) is 12.4. The Bertz CT molecular complexity index is 2050. The number of hydrogen-bond donors (Lipinski definition) is 1. The van der Waals surface area contributed by atoms with Gasteiger partial charge in [0.1, 0.15) is 17.1 Å². The number of aromatic hydroxyl groups is 1. The van der Waals surface area contributed by atoms with Crippen molar-refractivity contribution in [1.29, 1.82) is 0 Å². The van der Waals surface area contributed by atoms with Gasteiger partial charge in [0.05, 0.1) is 17.1 Å². The third kappa shape index (κ3) is 4.28. The molecule has 4 heteroatoms. The molecule has 1 aliphatic heterocycles. The van der Waals surface area contributed by atoms with Crippen molar-refractivity contribution in [3.05, 3.63) is 131 Å². The van der Waals surface area contributed by atoms with Gasteiger partial charge in [-0.15, -0.1) is 0 Å². The van der Waals surface area contributed by atoms with Gasteiger partial charge in [-0.05, 0) is 115 Å². The van der Waals surface area contributed by atoms with E-state index in [4.69, 9.17) is 9.97 Å². The van der Waals surface area contributed by atoms with Crippen LogP contribution in [0.15, 0.2) is 97.2 Å². The number of benzene rings is 4. The number of para-hydroxylation sites is 1. The van der Waals surface area contributed by atoms with Crippen LogP contribution in [0.4, 0.5) is 17.2 Å². The molecule has 0 saturated carbocycles. The highest BCUT2D eigenvalue weighted by Crippen LogP contribution is 2.52. The molecule has 7 rings (SSSR count). The fourth-order valence-corrected chi connectivity index (χ4v) is 6.95. The van der Waals surface area contributed by atoms with E-state index in [0.29, 0.717) is 5.52 Å². The SMILES string of the molecule is Cc1ccnc(N2c3ccccc3C(C)(C)c3ccc(-c4ccc5c(-c6c(C)cc(C)cc6C)ccc(O)c5n4)cc32)c1. The Balaban J connectivity index is 1.42. The summed E-state index contributed by atoms with van der Waals surface area (Å²) in [5.41, 5.74) is 14.1. The summed E-state index contributed by atoms with van der Waals surface area (Å²) in [4.78, 5) is 12.1. The predicted octanol–water partition coefficient (Wildman–Crippen LogP) is 10.0. The van der Waals surface area contributed by atoms with Crippen molar-refractivity contribution in [2.45, 2.75) is 47.0 Å². The number of hydrogen-bond acceptors (Lipinski definition) is 4. The molecule has 3 heterocycles. The lowest BCUT2D eigenvalue weighted by Gasteiger charge is -2.41. The molecule has 212 valence electrons. The van der Waals surface area contributed by atoms with Crippen LogP contribution in [0.1, 0.15) is 47.2 Å². The van der Waals surface area contributed by atoms with Crippen LogP contribution >= 0.6 is 0 Å². The molecule has 0 amide bonds. The Morgan fingerprint density at radius 1 is 0.698 bits per heavy atom. The topological polar surface area (TPSA) is 49.2 Å². The first-order chi connectivity index (χ1) is 20.6. The van der Waals surface area contributed by atoms with Gasteiger partial charge in [0.2, 0.25) is 0 Å². The van der Waals surface area contributed by atoms with Gasteiger partial charge >= 0.3 is 0 Å². The third-order valence-electron chi connectivity index (χ3n) is 8.94. The number of fused-ring (bicyclic) bond motifs is 3. The summed E-state index contributed by atoms with van der Waals surface area (Å²) in [5, 5.41) is 11.9. The zero-order chi connectivity index (χ0) is 30.0. The summed E-state index contributed by atoms with van der Waals surface area (Å²) in [6, 6.07) is 31.7. The van der Waals surface area contributed by atoms with Crippen LogP contribution in [0, 0.1) is 27.7 Å². The summed E-state index contributed by atoms with van der Waals surface area (Å²) in [6.45, 7) is 13.1. The van der Waals surface area contributed by atoms with E-state index in [1.165, 1.54) is 33.4 Å². The highest BCUT2D eigenvalue weighted by atomic mass is 16.3. The van der Waals surface area contributed by atoms with E-state index in [-0.39, 0.29) is 11.2 Å². The van der Waals surface area contributed by atoms with Crippen LogP contribution in [0.2, 0.25) is 0 Å². The van der Waals surface area contributed by atoms with Gasteiger partial charge in [-0.25, -0.2) is 9.97 Å². The van der Waals surface area contributed by atoms with Crippen LogP contribution in [0.25, 0.3) is 33.3 Å². The van der Waals surface area contributed by atoms with Gasteiger partial charge in [0, 0.05) is 22.6 Å². The van der Waals surface area contributed by atoms with Crippen molar-refractivity contribution in [3.8, 4) is 28.1 Å². The molecule has 0 bridgehead atoms. The molecular weight excluding hydrogens is 526 g/mol. The normalized spacial score (nSPS) is 13.6. The number of aromatic nitrogens is 2. The van der Waals surface area contributed by atoms with Crippen molar-refractivity contribution in [2.24, 2.45) is 0 Å². The summed E-state index contributed by atoms with van der Waals surface area (Å²) < 4.78 is 0. The average molecular weight is 562 g/mol. The molecule has 1 N–H and O–H groups in total. The number of rotatable bonds is 3. The van der Waals surface area contributed by atoms with Crippen LogP contribution in [0.3, 0.4) is 0 Å². The van der Waals surface area contributed by atoms with Gasteiger partial charge in [0.25, 0.3) is 0 Å². The van der Waals surface area contributed by atoms with E-state index in [1.807, 2.05) is 18.3 Å². The van der Waals surface area contributed by atoms with Crippen LogP contribution in [-0.2, 0) is 5.41 Å². The maximum absolute atomic E-state index is 11.0. The molecule has 0 fully saturated rings. The number of anilines is 3. The summed E-state index contributed by atoms with van der Waals surface area (Å²) in [7, 11) is 0. The standard InChI is InChI=1S/C39H35N3O/c1-23-17-18-40-36(21-23)42-33-10-8-7-9-30(33)39(5,6)31-14-11-27(22-34(31)42)32-15-12-29-28(13-16-35(43)38(29)41-32)37-25(3)19-24(2)20-26(37)4/h7-22,43H,1-6H3. The van der Waals surface area contributed by atoms with Crippen molar-refractivity contribution in [2.75, 3.05) is 4.90 Å². The Labute approximate surface area is 253 Å². The molecule has 4 aromatic carbocycles. The molecule has 0 atom stereocenters. The highest BCUT2D eigenvalue weighted by Gasteiger charge is 2.37. The maximum Gasteiger partial charge on any atom is 0.141 e. The lowest BCUT2D eigenvalue weighted by atomic mass is 9.73. The molecule has 43 heavy (non-hydrogen) atoms. The fourth-order valence-electron chi connectivity index (χ4n) is 6.95. The Hall–Kier alpha value is -4.96. The lowest BCUT2D eigenvalue weighted by molar-refractivity contribution is 0.480. The second-order valence-electron chi connectivity index (χ2n) is 12.4. The largest absolute Gasteiger partial charge is 0.506 e. The minimum atomic E-state index is -0.196. The summed E-state index contributed by atoms with van der Waals surface area (Å²) in [6.07, 6.45) is 1.87. The first kappa shape index (κ1) is 26.9. The Kier molecular flexibility index (Phi) is 6.14. The quantitative estimate of drug-likeness (QED) is 0.234. The fraction of sp³-hybridized carbons (Fsp3) is 0.179. The van der Waals surface area contributed by atoms with Crippen LogP contribution < -0.4 is 4.90 Å². The highest BCUT2D eigenvalue weighted by molar-refractivity contribution is 6.00. The molecule has 0 unspecified atom stereocenters. The molecular formula is C39H35N3O. The molecule has 4 nitrogen and oxygen atoms in total. The minimum absolute atomic E-state index is 0.182. The maximum atomic E-state index is 11.0. The van der Waals surface area contributed by atoms with E-state index in [1.54, 1.807) is 6.07 Å². The average Bonchev–Trinajstić information content (AvgIpc) is 2.98. The van der Waals surface area contributed by atoms with Gasteiger partial charge in [-0.1, -0.05) is 61.9 Å². The number of nitrogens with zero attached hydrogens (tertiary/aromatic N) is 3. The van der Waals surface area contributed by atoms with E-state index in [2.05, 4.69) is 119 Å². The van der Waals surface area contributed by atoms with Crippen LogP contribution in [-0.4, -0.2) is 15.1 Å². The number of phenolic OH excluding ortho intramolecular Hbond substituents is 1. The van der Waals surface area contributed by atoms with E-state index in [0.717, 1.165) is 45.0 Å². The number of pyridine rings is 2. The first-order valence-corrected chi connectivity index (χ1v) is 14.8. The molecule has 2 aromatic heterocycles. The first-order valence-electron chi connectivity index (χ1n) is 14.8. The van der Waals surface area contributed by atoms with Gasteiger partial charge < -0.3 is 5.11 Å². The van der Waals surface area contributed by atoms with Gasteiger partial charge in [-0.2, -0.15) is 0 Å². The minimum Gasteiger partial charge on any atom is -0.506 e. The lowest BCUT2D eigenvalue weighted by Crippen LogP contribution is -2.31. The van der Waals surface area contributed by atoms with Gasteiger partial charge in [-0.3, -0.25) is 4.90 Å². The monoisotopic (exact) mass is 561 g/mol. The smallest absolute Gasteiger partial charge is 0.141 e. The van der Waals surface area contributed by atoms with Crippen molar-refractivity contribution in [3.63, 3.8) is 0 Å². The predicted molar refractivity (Wildman–Crippen MR) is 178 cm³/mol. The molecule has 0 radical (unpaired) electrons. The summed E-state index contributed by atoms with van der Waals surface area (Å²) in [5.74, 6) is 1.07. The molecule has 0 spiro atoms. The molecule has 6 aromatic rings. The second kappa shape index (κ2) is 9.81. The molecule has 1 aliphatic rings. The van der Waals surface area contributed by atoms with E-state index < -0.39 is 0 Å².